The van der Waals surface area contributed by atoms with Gasteiger partial charge in [0, 0.05) is 30.9 Å². The van der Waals surface area contributed by atoms with Crippen molar-refractivity contribution in [2.75, 3.05) is 32.1 Å². The molecule has 0 saturated carbocycles. The fourth-order valence-electron chi connectivity index (χ4n) is 4.08. The van der Waals surface area contributed by atoms with Crippen molar-refractivity contribution in [2.45, 2.75) is 38.8 Å². The molecule has 2 N–H and O–H groups in total. The number of aromatic nitrogens is 3. The molecule has 1 aliphatic heterocycles. The van der Waals surface area contributed by atoms with E-state index in [9.17, 15) is 18.3 Å². The van der Waals surface area contributed by atoms with Crippen LogP contribution in [0.25, 0.3) is 16.8 Å². The highest BCUT2D eigenvalue weighted by molar-refractivity contribution is 5.82. The van der Waals surface area contributed by atoms with Gasteiger partial charge in [0.25, 0.3) is 0 Å². The minimum atomic E-state index is -4.88. The highest BCUT2D eigenvalue weighted by Gasteiger charge is 2.33. The molecule has 4 rings (SSSR count). The average Bonchev–Trinajstić information content (AvgIpc) is 3.16. The first-order valence-corrected chi connectivity index (χ1v) is 10.6. The standard InChI is InChI=1S/C22H26F3N5O3/c1-4-29-8-7-18(31)16(12-29)26-21-28-27-20(17-9-13(2)11-30(17)21)15-6-5-14(32-3)10-19(15)33-22(23,24)25/h5-6,9-11,16,18,31H,4,7-8,12H2,1-3H3,(H,26,28)/t16-,18+/m0/s1. The quantitative estimate of drug-likeness (QED) is 0.577. The Balaban J connectivity index is 1.76. The Labute approximate surface area is 188 Å². The number of hydrogen-bond acceptors (Lipinski definition) is 7. The molecule has 1 saturated heterocycles. The Morgan fingerprint density at radius 1 is 1.24 bits per heavy atom. The number of hydrogen-bond donors (Lipinski definition) is 2. The summed E-state index contributed by atoms with van der Waals surface area (Å²) in [6, 6.07) is 5.72. The van der Waals surface area contributed by atoms with Crippen molar-refractivity contribution in [1.82, 2.24) is 19.5 Å². The number of likely N-dealkylation sites (N-methyl/N-ethyl adjacent to an activating group) is 1. The number of nitrogens with zero attached hydrogens (tertiary/aromatic N) is 4. The number of aliphatic hydroxyl groups is 1. The molecule has 0 amide bonds. The minimum Gasteiger partial charge on any atom is -0.497 e. The number of rotatable bonds is 6. The van der Waals surface area contributed by atoms with E-state index >= 15 is 0 Å². The lowest BCUT2D eigenvalue weighted by Gasteiger charge is -2.36. The van der Waals surface area contributed by atoms with Gasteiger partial charge in [0.2, 0.25) is 5.95 Å². The summed E-state index contributed by atoms with van der Waals surface area (Å²) in [6.07, 6.45) is -2.98. The summed E-state index contributed by atoms with van der Waals surface area (Å²) in [5.74, 6) is 0.188. The van der Waals surface area contributed by atoms with Gasteiger partial charge in [-0.25, -0.2) is 0 Å². The summed E-state index contributed by atoms with van der Waals surface area (Å²) in [5.41, 5.74) is 1.79. The molecule has 2 aromatic heterocycles. The molecule has 178 valence electrons. The number of fused-ring (bicyclic) bond motifs is 1. The first-order valence-electron chi connectivity index (χ1n) is 10.6. The number of benzene rings is 1. The predicted molar refractivity (Wildman–Crippen MR) is 117 cm³/mol. The van der Waals surface area contributed by atoms with E-state index in [1.165, 1.54) is 25.3 Å². The van der Waals surface area contributed by atoms with E-state index in [-0.39, 0.29) is 23.0 Å². The van der Waals surface area contributed by atoms with Crippen molar-refractivity contribution in [3.05, 3.63) is 36.0 Å². The van der Waals surface area contributed by atoms with Crippen LogP contribution in [0, 0.1) is 6.92 Å². The second-order valence-corrected chi connectivity index (χ2v) is 8.05. The van der Waals surface area contributed by atoms with E-state index in [2.05, 4.69) is 32.1 Å². The van der Waals surface area contributed by atoms with Crippen molar-refractivity contribution in [3.8, 4) is 22.8 Å². The normalized spacial score (nSPS) is 19.6. The van der Waals surface area contributed by atoms with E-state index < -0.39 is 18.2 Å². The van der Waals surface area contributed by atoms with Crippen molar-refractivity contribution < 1.29 is 27.8 Å². The molecule has 11 heteroatoms. The molecule has 0 radical (unpaired) electrons. The van der Waals surface area contributed by atoms with Crippen molar-refractivity contribution in [2.24, 2.45) is 0 Å². The molecule has 1 aliphatic rings. The van der Waals surface area contributed by atoms with Gasteiger partial charge in [0.15, 0.2) is 0 Å². The number of ether oxygens (including phenoxy) is 2. The third kappa shape index (κ3) is 4.98. The van der Waals surface area contributed by atoms with Crippen LogP contribution in [0.15, 0.2) is 30.5 Å². The zero-order valence-electron chi connectivity index (χ0n) is 18.6. The number of aryl methyl sites for hydroxylation is 1. The zero-order chi connectivity index (χ0) is 23.8. The first-order chi connectivity index (χ1) is 15.7. The van der Waals surface area contributed by atoms with Gasteiger partial charge in [-0.15, -0.1) is 23.4 Å². The Bertz CT molecular complexity index is 1130. The number of aliphatic hydroxyl groups excluding tert-OH is 1. The maximum atomic E-state index is 13.1. The predicted octanol–water partition coefficient (Wildman–Crippen LogP) is 3.48. The van der Waals surface area contributed by atoms with Gasteiger partial charge < -0.3 is 24.8 Å². The molecule has 8 nitrogen and oxygen atoms in total. The van der Waals surface area contributed by atoms with Crippen LogP contribution < -0.4 is 14.8 Å². The minimum absolute atomic E-state index is 0.130. The number of halogens is 3. The van der Waals surface area contributed by atoms with Gasteiger partial charge in [-0.3, -0.25) is 4.40 Å². The number of anilines is 1. The molecule has 1 fully saturated rings. The van der Waals surface area contributed by atoms with Gasteiger partial charge in [-0.05, 0) is 43.7 Å². The third-order valence-electron chi connectivity index (χ3n) is 5.76. The molecule has 3 aromatic rings. The molecular formula is C22H26F3N5O3. The Kier molecular flexibility index (Phi) is 6.35. The lowest BCUT2D eigenvalue weighted by Crippen LogP contribution is -2.50. The summed E-state index contributed by atoms with van der Waals surface area (Å²) < 4.78 is 50.3. The number of likely N-dealkylation sites (tertiary alicyclic amines) is 1. The zero-order valence-corrected chi connectivity index (χ0v) is 18.6. The second kappa shape index (κ2) is 9.06. The van der Waals surface area contributed by atoms with Crippen LogP contribution in [0.4, 0.5) is 19.1 Å². The van der Waals surface area contributed by atoms with Crippen LogP contribution in [-0.2, 0) is 0 Å². The summed E-state index contributed by atoms with van der Waals surface area (Å²) >= 11 is 0. The van der Waals surface area contributed by atoms with E-state index in [1.54, 1.807) is 4.40 Å². The fourth-order valence-corrected chi connectivity index (χ4v) is 4.08. The van der Waals surface area contributed by atoms with Gasteiger partial charge in [-0.1, -0.05) is 6.92 Å². The van der Waals surface area contributed by atoms with E-state index in [0.717, 1.165) is 18.7 Å². The SMILES string of the molecule is CCN1CC[C@@H](O)[C@@H](Nc2nnc(-c3ccc(OC)cc3OC(F)(F)F)c3cc(C)cn23)C1. The molecule has 3 heterocycles. The van der Waals surface area contributed by atoms with Gasteiger partial charge in [0.1, 0.15) is 17.2 Å². The molecule has 0 aliphatic carbocycles. The lowest BCUT2D eigenvalue weighted by atomic mass is 10.0. The van der Waals surface area contributed by atoms with Gasteiger partial charge in [-0.2, -0.15) is 0 Å². The summed E-state index contributed by atoms with van der Waals surface area (Å²) in [6.45, 7) is 6.26. The topological polar surface area (TPSA) is 84.2 Å². The number of alkyl halides is 3. The molecule has 0 spiro atoms. The molecule has 2 atom stereocenters. The van der Waals surface area contributed by atoms with Crippen LogP contribution in [0.1, 0.15) is 18.9 Å². The summed E-state index contributed by atoms with van der Waals surface area (Å²) in [4.78, 5) is 2.22. The third-order valence-corrected chi connectivity index (χ3v) is 5.76. The Morgan fingerprint density at radius 2 is 2.03 bits per heavy atom. The van der Waals surface area contributed by atoms with Crippen LogP contribution >= 0.6 is 0 Å². The van der Waals surface area contributed by atoms with E-state index in [0.29, 0.717) is 24.4 Å². The number of nitrogens with one attached hydrogen (secondary N) is 1. The smallest absolute Gasteiger partial charge is 0.497 e. The van der Waals surface area contributed by atoms with Crippen molar-refractivity contribution in [3.63, 3.8) is 0 Å². The van der Waals surface area contributed by atoms with Crippen molar-refractivity contribution in [1.29, 1.82) is 0 Å². The molecular weight excluding hydrogens is 439 g/mol. The molecule has 0 unspecified atom stereocenters. The molecule has 1 aromatic carbocycles. The average molecular weight is 465 g/mol. The maximum Gasteiger partial charge on any atom is 0.573 e. The summed E-state index contributed by atoms with van der Waals surface area (Å²) in [7, 11) is 1.36. The van der Waals surface area contributed by atoms with E-state index in [1.807, 2.05) is 19.2 Å². The molecule has 0 bridgehead atoms. The highest BCUT2D eigenvalue weighted by atomic mass is 19.4. The van der Waals surface area contributed by atoms with Gasteiger partial charge in [0.05, 0.1) is 24.8 Å². The molecule has 33 heavy (non-hydrogen) atoms. The number of piperidine rings is 1. The first kappa shape index (κ1) is 23.1. The highest BCUT2D eigenvalue weighted by Crippen LogP contribution is 2.38. The van der Waals surface area contributed by atoms with Gasteiger partial charge >= 0.3 is 6.36 Å². The van der Waals surface area contributed by atoms with Crippen LogP contribution in [-0.4, -0.2) is 69.9 Å². The second-order valence-electron chi connectivity index (χ2n) is 8.05. The lowest BCUT2D eigenvalue weighted by molar-refractivity contribution is -0.274. The largest absolute Gasteiger partial charge is 0.573 e. The maximum absolute atomic E-state index is 13.1. The fraction of sp³-hybridized carbons (Fsp3) is 0.455. The Morgan fingerprint density at radius 3 is 2.73 bits per heavy atom. The summed E-state index contributed by atoms with van der Waals surface area (Å²) in [5, 5.41) is 22.2. The van der Waals surface area contributed by atoms with Crippen LogP contribution in [0.2, 0.25) is 0 Å². The number of methoxy groups -OCH3 is 1. The van der Waals surface area contributed by atoms with Crippen LogP contribution in [0.5, 0.6) is 11.5 Å². The van der Waals surface area contributed by atoms with Crippen LogP contribution in [0.3, 0.4) is 0 Å². The van der Waals surface area contributed by atoms with Crippen molar-refractivity contribution >= 4 is 11.5 Å². The Hall–Kier alpha value is -3.05. The van der Waals surface area contributed by atoms with E-state index in [4.69, 9.17) is 4.74 Å². The monoisotopic (exact) mass is 465 g/mol.